The van der Waals surface area contributed by atoms with Gasteiger partial charge in [0.15, 0.2) is 0 Å². The van der Waals surface area contributed by atoms with Crippen LogP contribution in [-0.2, 0) is 4.74 Å². The van der Waals surface area contributed by atoms with E-state index in [-0.39, 0.29) is 5.97 Å². The maximum atomic E-state index is 11.6. The van der Waals surface area contributed by atoms with E-state index < -0.39 is 0 Å². The van der Waals surface area contributed by atoms with Gasteiger partial charge >= 0.3 is 5.97 Å². The van der Waals surface area contributed by atoms with Crippen molar-refractivity contribution in [3.8, 4) is 0 Å². The molecule has 0 aromatic carbocycles. The number of ether oxygens (including phenoxy) is 1. The Bertz CT molecular complexity index is 475. The van der Waals surface area contributed by atoms with E-state index in [1.807, 2.05) is 11.8 Å². The van der Waals surface area contributed by atoms with E-state index in [1.165, 1.54) is 19.0 Å². The number of nitrogens with one attached hydrogen (secondary N) is 1. The Hall–Kier alpha value is -1.30. The summed E-state index contributed by atoms with van der Waals surface area (Å²) in [5.74, 6) is 0.209. The summed E-state index contributed by atoms with van der Waals surface area (Å²) in [5.41, 5.74) is 1.07. The van der Waals surface area contributed by atoms with Gasteiger partial charge in [-0.3, -0.25) is 0 Å². The Balaban J connectivity index is 2.00. The number of nitrogens with zero attached hydrogens (tertiary/aromatic N) is 2. The molecule has 1 N–H and O–H groups in total. The molecule has 6 heteroatoms. The van der Waals surface area contributed by atoms with E-state index in [1.54, 1.807) is 13.8 Å². The number of aryl methyl sites for hydroxylation is 1. The SMILES string of the molecule is CCOC(=O)c1cnc(NCC2(SC)CC2)nc1C. The monoisotopic (exact) mass is 281 g/mol. The van der Waals surface area contributed by atoms with Gasteiger partial charge in [0.05, 0.1) is 17.9 Å². The molecule has 1 saturated carbocycles. The number of thioether (sulfide) groups is 1. The van der Waals surface area contributed by atoms with Gasteiger partial charge in [0.2, 0.25) is 5.95 Å². The first-order valence-electron chi connectivity index (χ1n) is 6.40. The van der Waals surface area contributed by atoms with Crippen LogP contribution < -0.4 is 5.32 Å². The zero-order chi connectivity index (χ0) is 13.9. The highest BCUT2D eigenvalue weighted by atomic mass is 32.2. The molecule has 0 amide bonds. The maximum Gasteiger partial charge on any atom is 0.341 e. The van der Waals surface area contributed by atoms with Gasteiger partial charge in [-0.05, 0) is 32.9 Å². The van der Waals surface area contributed by atoms with E-state index >= 15 is 0 Å². The Morgan fingerprint density at radius 3 is 2.84 bits per heavy atom. The van der Waals surface area contributed by atoms with Crippen LogP contribution in [0.15, 0.2) is 6.20 Å². The highest BCUT2D eigenvalue weighted by Crippen LogP contribution is 2.46. The fourth-order valence-electron chi connectivity index (χ4n) is 1.79. The summed E-state index contributed by atoms with van der Waals surface area (Å²) in [7, 11) is 0. The van der Waals surface area contributed by atoms with Crippen molar-refractivity contribution in [3.05, 3.63) is 17.5 Å². The van der Waals surface area contributed by atoms with Crippen LogP contribution in [0.2, 0.25) is 0 Å². The minimum atomic E-state index is -0.366. The molecule has 1 aliphatic carbocycles. The van der Waals surface area contributed by atoms with Gasteiger partial charge in [0.1, 0.15) is 0 Å². The summed E-state index contributed by atoms with van der Waals surface area (Å²) in [6.07, 6.45) is 6.13. The number of aromatic nitrogens is 2. The summed E-state index contributed by atoms with van der Waals surface area (Å²) in [5, 5.41) is 3.24. The Labute approximate surface area is 117 Å². The van der Waals surface area contributed by atoms with Gasteiger partial charge in [-0.1, -0.05) is 0 Å². The van der Waals surface area contributed by atoms with E-state index in [9.17, 15) is 4.79 Å². The zero-order valence-corrected chi connectivity index (χ0v) is 12.3. The molecular formula is C13H19N3O2S. The van der Waals surface area contributed by atoms with Crippen LogP contribution >= 0.6 is 11.8 Å². The summed E-state index contributed by atoms with van der Waals surface area (Å²) in [6, 6.07) is 0. The van der Waals surface area contributed by atoms with Crippen LogP contribution in [0.4, 0.5) is 5.95 Å². The number of hydrogen-bond donors (Lipinski definition) is 1. The molecule has 0 saturated heterocycles. The first kappa shape index (κ1) is 14.1. The van der Waals surface area contributed by atoms with Crippen LogP contribution in [0, 0.1) is 6.92 Å². The maximum absolute atomic E-state index is 11.6. The molecule has 1 aromatic heterocycles. The van der Waals surface area contributed by atoms with Gasteiger partial charge in [0.25, 0.3) is 0 Å². The number of carbonyl (C=O) groups is 1. The second-order valence-corrected chi connectivity index (χ2v) is 5.93. The predicted octanol–water partition coefficient (Wildman–Crippen LogP) is 2.27. The smallest absolute Gasteiger partial charge is 0.341 e. The Morgan fingerprint density at radius 1 is 1.58 bits per heavy atom. The van der Waals surface area contributed by atoms with Crippen molar-refractivity contribution in [2.24, 2.45) is 0 Å². The van der Waals surface area contributed by atoms with Crippen LogP contribution in [-0.4, -0.2) is 40.1 Å². The average Bonchev–Trinajstić information content (AvgIpc) is 3.17. The van der Waals surface area contributed by atoms with Gasteiger partial charge < -0.3 is 10.1 Å². The third-order valence-electron chi connectivity index (χ3n) is 3.28. The summed E-state index contributed by atoms with van der Waals surface area (Å²) in [6.45, 7) is 4.79. The molecule has 1 aromatic rings. The molecule has 0 atom stereocenters. The molecule has 1 fully saturated rings. The fourth-order valence-corrected chi connectivity index (χ4v) is 2.52. The van der Waals surface area contributed by atoms with Crippen molar-refractivity contribution in [3.63, 3.8) is 0 Å². The van der Waals surface area contributed by atoms with Crippen molar-refractivity contribution < 1.29 is 9.53 Å². The average molecular weight is 281 g/mol. The van der Waals surface area contributed by atoms with Gasteiger partial charge in [-0.15, -0.1) is 0 Å². The molecule has 2 rings (SSSR count). The highest BCUT2D eigenvalue weighted by molar-refractivity contribution is 8.00. The molecule has 19 heavy (non-hydrogen) atoms. The lowest BCUT2D eigenvalue weighted by atomic mass is 10.2. The fraction of sp³-hybridized carbons (Fsp3) is 0.615. The molecular weight excluding hydrogens is 262 g/mol. The Kier molecular flexibility index (Phi) is 4.29. The third kappa shape index (κ3) is 3.37. The second kappa shape index (κ2) is 5.77. The first-order valence-corrected chi connectivity index (χ1v) is 7.62. The zero-order valence-electron chi connectivity index (χ0n) is 11.5. The largest absolute Gasteiger partial charge is 0.462 e. The number of esters is 1. The second-order valence-electron chi connectivity index (χ2n) is 4.65. The molecule has 0 unspecified atom stereocenters. The first-order chi connectivity index (χ1) is 9.10. The number of hydrogen-bond acceptors (Lipinski definition) is 6. The summed E-state index contributed by atoms with van der Waals surface area (Å²) >= 11 is 1.88. The number of carbonyl (C=O) groups excluding carboxylic acids is 1. The van der Waals surface area contributed by atoms with Gasteiger partial charge in [0, 0.05) is 17.5 Å². The van der Waals surface area contributed by atoms with E-state index in [2.05, 4.69) is 21.5 Å². The minimum absolute atomic E-state index is 0.356. The summed E-state index contributed by atoms with van der Waals surface area (Å²) in [4.78, 5) is 20.1. The predicted molar refractivity (Wildman–Crippen MR) is 76.7 cm³/mol. The van der Waals surface area contributed by atoms with E-state index in [0.717, 1.165) is 6.54 Å². The molecule has 0 radical (unpaired) electrons. The molecule has 1 aliphatic rings. The molecule has 1 heterocycles. The summed E-state index contributed by atoms with van der Waals surface area (Å²) < 4.78 is 5.31. The number of anilines is 1. The van der Waals surface area contributed by atoms with Crippen molar-refractivity contribution in [1.29, 1.82) is 0 Å². The molecule has 0 spiro atoms. The molecule has 104 valence electrons. The van der Waals surface area contributed by atoms with Crippen molar-refractivity contribution in [2.45, 2.75) is 31.4 Å². The lowest BCUT2D eigenvalue weighted by Gasteiger charge is -2.13. The normalized spacial score (nSPS) is 15.9. The standard InChI is InChI=1S/C13H19N3O2S/c1-4-18-11(17)10-7-14-12(16-9(10)2)15-8-13(19-3)5-6-13/h7H,4-6,8H2,1-3H3,(H,14,15,16). The van der Waals surface area contributed by atoms with Crippen molar-refractivity contribution in [1.82, 2.24) is 9.97 Å². The lowest BCUT2D eigenvalue weighted by Crippen LogP contribution is -2.19. The van der Waals surface area contributed by atoms with Crippen LogP contribution in [0.5, 0.6) is 0 Å². The quantitative estimate of drug-likeness (QED) is 0.807. The molecule has 0 aliphatic heterocycles. The molecule has 5 nitrogen and oxygen atoms in total. The lowest BCUT2D eigenvalue weighted by molar-refractivity contribution is 0.0524. The van der Waals surface area contributed by atoms with Gasteiger partial charge in [-0.2, -0.15) is 11.8 Å². The van der Waals surface area contributed by atoms with E-state index in [0.29, 0.717) is 28.6 Å². The van der Waals surface area contributed by atoms with Crippen LogP contribution in [0.1, 0.15) is 35.8 Å². The van der Waals surface area contributed by atoms with Gasteiger partial charge in [-0.25, -0.2) is 14.8 Å². The van der Waals surface area contributed by atoms with E-state index in [4.69, 9.17) is 4.74 Å². The Morgan fingerprint density at radius 2 is 2.32 bits per heavy atom. The number of rotatable bonds is 6. The molecule has 0 bridgehead atoms. The van der Waals surface area contributed by atoms with Crippen LogP contribution in [0.3, 0.4) is 0 Å². The highest BCUT2D eigenvalue weighted by Gasteiger charge is 2.41. The minimum Gasteiger partial charge on any atom is -0.462 e. The van der Waals surface area contributed by atoms with Crippen LogP contribution in [0.25, 0.3) is 0 Å². The van der Waals surface area contributed by atoms with Crippen molar-refractivity contribution >= 4 is 23.7 Å². The topological polar surface area (TPSA) is 64.1 Å². The third-order valence-corrected chi connectivity index (χ3v) is 4.70. The van der Waals surface area contributed by atoms with Crippen molar-refractivity contribution in [2.75, 3.05) is 24.7 Å².